The number of Topliss-reactive ketones (excluding diaryl/α,β-unsaturated/α-hetero) is 1. The zero-order valence-electron chi connectivity index (χ0n) is 32.0. The Morgan fingerprint density at radius 1 is 0.660 bits per heavy atom. The van der Waals surface area contributed by atoms with Gasteiger partial charge < -0.3 is 30.7 Å². The quantitative estimate of drug-likeness (QED) is 0.143. The first-order valence-corrected chi connectivity index (χ1v) is 19.1. The van der Waals surface area contributed by atoms with Gasteiger partial charge in [0.25, 0.3) is 0 Å². The zero-order chi connectivity index (χ0) is 38.4. The third kappa shape index (κ3) is 14.0. The Morgan fingerprint density at radius 3 is 1.58 bits per heavy atom. The van der Waals surface area contributed by atoms with Gasteiger partial charge in [-0.3, -0.25) is 28.9 Å². The molecule has 12 heteroatoms. The number of aryl methyl sites for hydroxylation is 2. The maximum Gasteiger partial charge on any atom is 0.243 e. The van der Waals surface area contributed by atoms with Crippen molar-refractivity contribution in [3.8, 4) is 0 Å². The number of morpholine rings is 1. The van der Waals surface area contributed by atoms with Gasteiger partial charge in [-0.1, -0.05) is 88.4 Å². The lowest BCUT2D eigenvalue weighted by Crippen LogP contribution is -2.59. The molecule has 2 aromatic rings. The Balaban J connectivity index is 1.50. The number of amides is 4. The number of benzene rings is 2. The first-order chi connectivity index (χ1) is 25.3. The molecule has 53 heavy (non-hydrogen) atoms. The summed E-state index contributed by atoms with van der Waals surface area (Å²) < 4.78 is 10.8. The Bertz CT molecular complexity index is 1490. The molecular formula is C41H59N5O7. The molecule has 4 N–H and O–H groups in total. The van der Waals surface area contributed by atoms with Gasteiger partial charge in [-0.25, -0.2) is 0 Å². The third-order valence-electron chi connectivity index (χ3n) is 9.66. The van der Waals surface area contributed by atoms with Gasteiger partial charge in [0.05, 0.1) is 32.4 Å². The number of carbonyl (C=O) groups excluding carboxylic acids is 5. The van der Waals surface area contributed by atoms with Crippen molar-refractivity contribution in [3.05, 3.63) is 71.8 Å². The number of ether oxygens (including phenoxy) is 2. The van der Waals surface area contributed by atoms with E-state index in [4.69, 9.17) is 9.47 Å². The van der Waals surface area contributed by atoms with Crippen LogP contribution >= 0.6 is 0 Å². The number of carbonyl (C=O) groups is 5. The van der Waals surface area contributed by atoms with E-state index in [9.17, 15) is 24.0 Å². The average Bonchev–Trinajstić information content (AvgIpc) is 3.89. The number of hydrogen-bond donors (Lipinski definition) is 4. The molecule has 5 atom stereocenters. The van der Waals surface area contributed by atoms with Crippen LogP contribution < -0.4 is 21.3 Å². The van der Waals surface area contributed by atoms with E-state index in [1.165, 1.54) is 0 Å². The second-order valence-corrected chi connectivity index (χ2v) is 15.4. The van der Waals surface area contributed by atoms with E-state index in [1.807, 2.05) is 93.3 Å². The van der Waals surface area contributed by atoms with Crippen LogP contribution in [0.2, 0.25) is 0 Å². The second-order valence-electron chi connectivity index (χ2n) is 15.4. The largest absolute Gasteiger partial charge is 0.379 e. The highest BCUT2D eigenvalue weighted by atomic mass is 16.6. The summed E-state index contributed by atoms with van der Waals surface area (Å²) in [5.41, 5.74) is 1.10. The number of hydrogen-bond acceptors (Lipinski definition) is 8. The van der Waals surface area contributed by atoms with Gasteiger partial charge in [-0.05, 0) is 68.4 Å². The highest BCUT2D eigenvalue weighted by Crippen LogP contribution is 2.29. The van der Waals surface area contributed by atoms with Crippen molar-refractivity contribution in [2.45, 2.75) is 103 Å². The van der Waals surface area contributed by atoms with Crippen molar-refractivity contribution in [2.75, 3.05) is 39.5 Å². The first-order valence-electron chi connectivity index (χ1n) is 19.1. The van der Waals surface area contributed by atoms with Gasteiger partial charge >= 0.3 is 0 Å². The van der Waals surface area contributed by atoms with E-state index in [-0.39, 0.29) is 36.5 Å². The Hall–Kier alpha value is -4.13. The molecule has 2 aromatic carbocycles. The monoisotopic (exact) mass is 733 g/mol. The van der Waals surface area contributed by atoms with Crippen LogP contribution in [-0.2, 0) is 46.3 Å². The number of ketones is 1. The summed E-state index contributed by atoms with van der Waals surface area (Å²) in [6.45, 7) is 12.4. The molecule has 0 aliphatic carbocycles. The van der Waals surface area contributed by atoms with Gasteiger partial charge in [-0.15, -0.1) is 0 Å². The Morgan fingerprint density at radius 2 is 1.09 bits per heavy atom. The SMILES string of the molecule is CC(C)C[C@H](NC(=O)[C@H](CCc1ccccc1)NC(=O)CN1CCOCC1)C(=O)N[C@H](CCc1ccccc1)C(=O)N[C@@H](CC(C)C)C(=O)[C@]1(C)CO1. The maximum absolute atomic E-state index is 14.1. The summed E-state index contributed by atoms with van der Waals surface area (Å²) in [6, 6.07) is 15.7. The van der Waals surface area contributed by atoms with Crippen molar-refractivity contribution < 1.29 is 33.4 Å². The van der Waals surface area contributed by atoms with E-state index < -0.39 is 47.5 Å². The molecule has 0 aromatic heterocycles. The minimum absolute atomic E-state index is 0.0219. The molecule has 2 heterocycles. The minimum atomic E-state index is -0.980. The van der Waals surface area contributed by atoms with Crippen LogP contribution in [-0.4, -0.2) is 104 Å². The van der Waals surface area contributed by atoms with Crippen LogP contribution in [0.1, 0.15) is 71.4 Å². The molecule has 0 saturated carbocycles. The molecule has 0 spiro atoms. The third-order valence-corrected chi connectivity index (χ3v) is 9.66. The fourth-order valence-electron chi connectivity index (χ4n) is 6.49. The van der Waals surface area contributed by atoms with Gasteiger partial charge in [0, 0.05) is 13.1 Å². The van der Waals surface area contributed by atoms with E-state index in [0.29, 0.717) is 65.0 Å². The van der Waals surface area contributed by atoms with Gasteiger partial charge in [-0.2, -0.15) is 0 Å². The van der Waals surface area contributed by atoms with Crippen molar-refractivity contribution >= 4 is 29.4 Å². The number of rotatable bonds is 21. The van der Waals surface area contributed by atoms with Gasteiger partial charge in [0.15, 0.2) is 5.78 Å². The smallest absolute Gasteiger partial charge is 0.243 e. The summed E-state index contributed by atoms with van der Waals surface area (Å²) >= 11 is 0. The number of nitrogens with one attached hydrogen (secondary N) is 4. The minimum Gasteiger partial charge on any atom is -0.379 e. The first kappa shape index (κ1) is 41.6. The number of epoxide rings is 1. The predicted molar refractivity (Wildman–Crippen MR) is 203 cm³/mol. The highest BCUT2D eigenvalue weighted by Gasteiger charge is 2.50. The van der Waals surface area contributed by atoms with E-state index in [1.54, 1.807) is 6.92 Å². The molecule has 2 saturated heterocycles. The normalized spacial score (nSPS) is 19.5. The van der Waals surface area contributed by atoms with E-state index in [2.05, 4.69) is 21.3 Å². The lowest BCUT2D eigenvalue weighted by Gasteiger charge is -2.29. The Labute approximate surface area is 314 Å². The molecule has 12 nitrogen and oxygen atoms in total. The second kappa shape index (κ2) is 20.4. The van der Waals surface area contributed by atoms with Gasteiger partial charge in [0.2, 0.25) is 23.6 Å². The molecule has 0 bridgehead atoms. The Kier molecular flexibility index (Phi) is 16.0. The standard InChI is InChI=1S/C41H59N5O7/c1-28(2)24-34(37(48)41(5)27-53-41)44-39(50)33(19-17-31-14-10-7-11-15-31)43-40(51)35(25-29(3)4)45-38(49)32(18-16-30-12-8-6-9-13-30)42-36(47)26-46-20-22-52-23-21-46/h6-15,28-29,32-35H,16-27H2,1-5H3,(H,42,47)(H,43,51)(H,44,50)(H,45,49)/t32-,33+,34-,35-,41-/m0/s1. The summed E-state index contributed by atoms with van der Waals surface area (Å²) in [4.78, 5) is 70.6. The molecule has 4 rings (SSSR count). The molecule has 2 fully saturated rings. The molecule has 0 radical (unpaired) electrons. The molecular weight excluding hydrogens is 674 g/mol. The van der Waals surface area contributed by atoms with Crippen LogP contribution in [0.25, 0.3) is 0 Å². The van der Waals surface area contributed by atoms with Crippen molar-refractivity contribution in [1.82, 2.24) is 26.2 Å². The van der Waals surface area contributed by atoms with Crippen molar-refractivity contribution in [1.29, 1.82) is 0 Å². The van der Waals surface area contributed by atoms with E-state index in [0.717, 1.165) is 11.1 Å². The number of nitrogens with zero attached hydrogens (tertiary/aromatic N) is 1. The van der Waals surface area contributed by atoms with Gasteiger partial charge in [0.1, 0.15) is 23.7 Å². The zero-order valence-corrected chi connectivity index (χ0v) is 32.0. The summed E-state index contributed by atoms with van der Waals surface area (Å²) in [7, 11) is 0. The summed E-state index contributed by atoms with van der Waals surface area (Å²) in [5, 5.41) is 11.7. The molecule has 2 aliphatic heterocycles. The van der Waals surface area contributed by atoms with E-state index >= 15 is 0 Å². The molecule has 2 aliphatic rings. The highest BCUT2D eigenvalue weighted by molar-refractivity contribution is 5.98. The molecule has 0 unspecified atom stereocenters. The van der Waals surface area contributed by atoms with Crippen LogP contribution in [0.15, 0.2) is 60.7 Å². The summed E-state index contributed by atoms with van der Waals surface area (Å²) in [6.07, 6.45) is 2.38. The lowest BCUT2D eigenvalue weighted by atomic mass is 9.93. The average molecular weight is 734 g/mol. The van der Waals surface area contributed by atoms with Crippen molar-refractivity contribution in [2.24, 2.45) is 11.8 Å². The van der Waals surface area contributed by atoms with Crippen molar-refractivity contribution in [3.63, 3.8) is 0 Å². The maximum atomic E-state index is 14.1. The predicted octanol–water partition coefficient (Wildman–Crippen LogP) is 2.97. The lowest BCUT2D eigenvalue weighted by molar-refractivity contribution is -0.135. The summed E-state index contributed by atoms with van der Waals surface area (Å²) in [5.74, 6) is -1.77. The molecule has 290 valence electrons. The van der Waals surface area contributed by atoms with Crippen LogP contribution in [0.4, 0.5) is 0 Å². The fraction of sp³-hybridized carbons (Fsp3) is 0.585. The molecule has 4 amide bonds. The fourth-order valence-corrected chi connectivity index (χ4v) is 6.49. The topological polar surface area (TPSA) is 158 Å². The van der Waals surface area contributed by atoms with Crippen LogP contribution in [0, 0.1) is 11.8 Å². The van der Waals surface area contributed by atoms with Crippen LogP contribution in [0.3, 0.4) is 0 Å². The van der Waals surface area contributed by atoms with Crippen LogP contribution in [0.5, 0.6) is 0 Å².